The standard InChI is InChI=1S/C24H18Cl2N4O5/c1-15-5-2-3-7-21(15)35-18-12-16(11-17(13-18)30(32)33)27-24(31)20-9-10-29(28-20)14-34-22-8-4-6-19(25)23(22)26/h2-13H,14H2,1H3,(H,27,31). The summed E-state index contributed by atoms with van der Waals surface area (Å²) in [6, 6.07) is 17.8. The van der Waals surface area contributed by atoms with Gasteiger partial charge in [-0.15, -0.1) is 0 Å². The Morgan fingerprint density at radius 1 is 1.09 bits per heavy atom. The molecule has 0 atom stereocenters. The van der Waals surface area contributed by atoms with E-state index < -0.39 is 10.8 Å². The van der Waals surface area contributed by atoms with Gasteiger partial charge in [-0.2, -0.15) is 5.10 Å². The van der Waals surface area contributed by atoms with Crippen LogP contribution in [0.3, 0.4) is 0 Å². The first-order chi connectivity index (χ1) is 16.8. The topological polar surface area (TPSA) is 109 Å². The van der Waals surface area contributed by atoms with Crippen LogP contribution in [0.1, 0.15) is 16.1 Å². The van der Waals surface area contributed by atoms with Crippen LogP contribution < -0.4 is 14.8 Å². The average Bonchev–Trinajstić information content (AvgIpc) is 3.31. The van der Waals surface area contributed by atoms with Gasteiger partial charge in [-0.3, -0.25) is 14.9 Å². The van der Waals surface area contributed by atoms with Gasteiger partial charge >= 0.3 is 0 Å². The molecule has 9 nitrogen and oxygen atoms in total. The summed E-state index contributed by atoms with van der Waals surface area (Å²) < 4.78 is 12.8. The number of rotatable bonds is 8. The van der Waals surface area contributed by atoms with Crippen molar-refractivity contribution in [1.82, 2.24) is 9.78 Å². The second-order valence-electron chi connectivity index (χ2n) is 7.36. The molecular weight excluding hydrogens is 495 g/mol. The SMILES string of the molecule is Cc1ccccc1Oc1cc(NC(=O)c2ccn(COc3cccc(Cl)c3Cl)n2)cc([N+](=O)[O-])c1. The highest BCUT2D eigenvalue weighted by atomic mass is 35.5. The number of benzene rings is 3. The Labute approximate surface area is 210 Å². The summed E-state index contributed by atoms with van der Waals surface area (Å²) in [7, 11) is 0. The van der Waals surface area contributed by atoms with Crippen molar-refractivity contribution >= 4 is 40.5 Å². The minimum absolute atomic E-state index is 0.0153. The number of para-hydroxylation sites is 1. The van der Waals surface area contributed by atoms with Crippen LogP contribution in [0.4, 0.5) is 11.4 Å². The fourth-order valence-corrected chi connectivity index (χ4v) is 3.45. The zero-order chi connectivity index (χ0) is 24.9. The Morgan fingerprint density at radius 2 is 1.86 bits per heavy atom. The Bertz CT molecular complexity index is 1410. The number of nitrogens with zero attached hydrogens (tertiary/aromatic N) is 3. The number of ether oxygens (including phenoxy) is 2. The maximum absolute atomic E-state index is 12.7. The molecule has 178 valence electrons. The molecule has 0 saturated carbocycles. The van der Waals surface area contributed by atoms with E-state index in [0.717, 1.165) is 5.56 Å². The normalized spacial score (nSPS) is 10.6. The largest absolute Gasteiger partial charge is 0.470 e. The van der Waals surface area contributed by atoms with E-state index in [1.54, 1.807) is 36.5 Å². The quantitative estimate of drug-likeness (QED) is 0.213. The molecule has 0 spiro atoms. The van der Waals surface area contributed by atoms with Crippen molar-refractivity contribution in [2.75, 3.05) is 5.32 Å². The second kappa shape index (κ2) is 10.5. The van der Waals surface area contributed by atoms with E-state index in [1.807, 2.05) is 19.1 Å². The highest BCUT2D eigenvalue weighted by Gasteiger charge is 2.16. The number of anilines is 1. The van der Waals surface area contributed by atoms with Crippen LogP contribution in [0.25, 0.3) is 0 Å². The number of carbonyl (C=O) groups is 1. The van der Waals surface area contributed by atoms with Gasteiger partial charge in [-0.1, -0.05) is 47.5 Å². The molecule has 11 heteroatoms. The molecule has 0 aliphatic heterocycles. The van der Waals surface area contributed by atoms with Crippen molar-refractivity contribution < 1.29 is 19.2 Å². The minimum atomic E-state index is -0.563. The molecule has 1 aromatic heterocycles. The van der Waals surface area contributed by atoms with E-state index in [4.69, 9.17) is 32.7 Å². The first-order valence-electron chi connectivity index (χ1n) is 10.2. The third kappa shape index (κ3) is 5.89. The van der Waals surface area contributed by atoms with Gasteiger partial charge in [0.05, 0.1) is 21.7 Å². The van der Waals surface area contributed by atoms with Crippen molar-refractivity contribution in [2.45, 2.75) is 13.7 Å². The van der Waals surface area contributed by atoms with E-state index in [9.17, 15) is 14.9 Å². The van der Waals surface area contributed by atoms with Gasteiger partial charge in [-0.25, -0.2) is 4.68 Å². The number of nitro benzene ring substituents is 1. The lowest BCUT2D eigenvalue weighted by Gasteiger charge is -2.10. The lowest BCUT2D eigenvalue weighted by molar-refractivity contribution is -0.384. The zero-order valence-electron chi connectivity index (χ0n) is 18.3. The van der Waals surface area contributed by atoms with Crippen molar-refractivity contribution in [2.24, 2.45) is 0 Å². The van der Waals surface area contributed by atoms with E-state index in [-0.39, 0.29) is 34.6 Å². The van der Waals surface area contributed by atoms with Crippen LogP contribution in [0.2, 0.25) is 10.0 Å². The van der Waals surface area contributed by atoms with Gasteiger partial charge in [0, 0.05) is 18.3 Å². The number of non-ortho nitro benzene ring substituents is 1. The molecular formula is C24H18Cl2N4O5. The maximum Gasteiger partial charge on any atom is 0.276 e. The summed E-state index contributed by atoms with van der Waals surface area (Å²) in [5.41, 5.74) is 0.892. The average molecular weight is 513 g/mol. The Balaban J connectivity index is 1.48. The number of aromatic nitrogens is 2. The molecule has 3 aromatic carbocycles. The Hall–Kier alpha value is -4.08. The number of halogens is 2. The third-order valence-electron chi connectivity index (χ3n) is 4.82. The van der Waals surface area contributed by atoms with Gasteiger partial charge in [0.25, 0.3) is 11.6 Å². The molecule has 1 amide bonds. The summed E-state index contributed by atoms with van der Waals surface area (Å²) in [5, 5.41) is 18.8. The molecule has 0 fully saturated rings. The molecule has 0 radical (unpaired) electrons. The molecule has 0 unspecified atom stereocenters. The predicted molar refractivity (Wildman–Crippen MR) is 132 cm³/mol. The molecule has 35 heavy (non-hydrogen) atoms. The number of nitrogens with one attached hydrogen (secondary N) is 1. The molecule has 1 heterocycles. The number of carbonyl (C=O) groups excluding carboxylic acids is 1. The second-order valence-corrected chi connectivity index (χ2v) is 8.15. The Morgan fingerprint density at radius 3 is 2.63 bits per heavy atom. The third-order valence-corrected chi connectivity index (χ3v) is 5.62. The number of hydrogen-bond donors (Lipinski definition) is 1. The highest BCUT2D eigenvalue weighted by Crippen LogP contribution is 2.32. The van der Waals surface area contributed by atoms with Crippen LogP contribution in [-0.4, -0.2) is 20.6 Å². The van der Waals surface area contributed by atoms with Crippen molar-refractivity contribution in [3.63, 3.8) is 0 Å². The summed E-state index contributed by atoms with van der Waals surface area (Å²) in [6.07, 6.45) is 1.55. The number of aryl methyl sites for hydroxylation is 1. The molecule has 4 rings (SSSR count). The number of nitro groups is 1. The first-order valence-corrected chi connectivity index (χ1v) is 11.0. The van der Waals surface area contributed by atoms with Crippen LogP contribution in [0, 0.1) is 17.0 Å². The zero-order valence-corrected chi connectivity index (χ0v) is 19.8. The summed E-state index contributed by atoms with van der Waals surface area (Å²) in [6.45, 7) is 1.84. The van der Waals surface area contributed by atoms with Crippen molar-refractivity contribution in [3.05, 3.63) is 104 Å². The summed E-state index contributed by atoms with van der Waals surface area (Å²) in [4.78, 5) is 23.6. The van der Waals surface area contributed by atoms with Crippen LogP contribution in [0.15, 0.2) is 72.9 Å². The fourth-order valence-electron chi connectivity index (χ4n) is 3.10. The van der Waals surface area contributed by atoms with Gasteiger partial charge in [0.2, 0.25) is 0 Å². The molecule has 1 N–H and O–H groups in total. The molecule has 0 aliphatic rings. The lowest BCUT2D eigenvalue weighted by Crippen LogP contribution is -2.14. The maximum atomic E-state index is 12.7. The first kappa shape index (κ1) is 24.1. The summed E-state index contributed by atoms with van der Waals surface area (Å²) in [5.74, 6) is 0.565. The van der Waals surface area contributed by atoms with Gasteiger partial charge in [-0.05, 0) is 36.8 Å². The van der Waals surface area contributed by atoms with Gasteiger partial charge in [0.1, 0.15) is 22.3 Å². The smallest absolute Gasteiger partial charge is 0.276 e. The molecule has 0 saturated heterocycles. The molecule has 0 aliphatic carbocycles. The van der Waals surface area contributed by atoms with Crippen molar-refractivity contribution in [1.29, 1.82) is 0 Å². The lowest BCUT2D eigenvalue weighted by atomic mass is 10.2. The van der Waals surface area contributed by atoms with Crippen LogP contribution >= 0.6 is 23.2 Å². The van der Waals surface area contributed by atoms with E-state index in [2.05, 4.69) is 10.4 Å². The highest BCUT2D eigenvalue weighted by molar-refractivity contribution is 6.42. The monoisotopic (exact) mass is 512 g/mol. The van der Waals surface area contributed by atoms with E-state index in [1.165, 1.54) is 28.9 Å². The Kier molecular flexibility index (Phi) is 7.19. The molecule has 4 aromatic rings. The van der Waals surface area contributed by atoms with E-state index in [0.29, 0.717) is 16.5 Å². The van der Waals surface area contributed by atoms with Crippen LogP contribution in [0.5, 0.6) is 17.2 Å². The van der Waals surface area contributed by atoms with Crippen molar-refractivity contribution in [3.8, 4) is 17.2 Å². The summed E-state index contributed by atoms with van der Waals surface area (Å²) >= 11 is 12.1. The number of hydrogen-bond acceptors (Lipinski definition) is 6. The number of amides is 1. The molecule has 0 bridgehead atoms. The fraction of sp³-hybridized carbons (Fsp3) is 0.0833. The predicted octanol–water partition coefficient (Wildman–Crippen LogP) is 6.49. The van der Waals surface area contributed by atoms with Gasteiger partial charge in [0.15, 0.2) is 12.4 Å². The van der Waals surface area contributed by atoms with Crippen LogP contribution in [-0.2, 0) is 6.73 Å². The van der Waals surface area contributed by atoms with E-state index >= 15 is 0 Å². The van der Waals surface area contributed by atoms with Gasteiger partial charge < -0.3 is 14.8 Å². The minimum Gasteiger partial charge on any atom is -0.470 e.